The summed E-state index contributed by atoms with van der Waals surface area (Å²) in [5.41, 5.74) is 0. The highest BCUT2D eigenvalue weighted by Crippen LogP contribution is 2.38. The van der Waals surface area contributed by atoms with Gasteiger partial charge < -0.3 is 5.11 Å². The van der Waals surface area contributed by atoms with Crippen LogP contribution in [0.15, 0.2) is 0 Å². The van der Waals surface area contributed by atoms with Gasteiger partial charge in [-0.05, 0) is 6.42 Å². The van der Waals surface area contributed by atoms with E-state index in [4.69, 9.17) is 5.11 Å². The predicted octanol–water partition coefficient (Wildman–Crippen LogP) is 0.110. The van der Waals surface area contributed by atoms with Crippen LogP contribution in [-0.2, 0) is 9.59 Å². The molecule has 1 aliphatic carbocycles. The number of carbonyl (C=O) groups is 2. The molecule has 0 aromatic rings. The summed E-state index contributed by atoms with van der Waals surface area (Å²) in [6.45, 7) is 3.13. The van der Waals surface area contributed by atoms with E-state index >= 15 is 0 Å². The Morgan fingerprint density at radius 1 is 1.44 bits per heavy atom. The third-order valence-corrected chi connectivity index (χ3v) is 1.52. The number of carboxylic acid groups (broad SMARTS) is 1. The van der Waals surface area contributed by atoms with Crippen molar-refractivity contribution in [3.63, 3.8) is 0 Å². The number of hydrogen-bond acceptors (Lipinski definition) is 2. The Bertz CT molecular complexity index is 144. The van der Waals surface area contributed by atoms with Crippen LogP contribution in [0, 0.1) is 18.8 Å². The van der Waals surface area contributed by atoms with Gasteiger partial charge >= 0.3 is 5.97 Å². The van der Waals surface area contributed by atoms with Gasteiger partial charge in [-0.1, -0.05) is 0 Å². The molecule has 2 unspecified atom stereocenters. The SMILES string of the molecule is [CH2]C(=O)C1CC1C(=O)O. The van der Waals surface area contributed by atoms with E-state index in [9.17, 15) is 9.59 Å². The molecule has 0 saturated heterocycles. The highest BCUT2D eigenvalue weighted by Gasteiger charge is 2.46. The second-order valence-electron chi connectivity index (χ2n) is 2.25. The number of aliphatic carboxylic acids is 1. The van der Waals surface area contributed by atoms with Gasteiger partial charge in [0, 0.05) is 12.8 Å². The van der Waals surface area contributed by atoms with Gasteiger partial charge in [-0.2, -0.15) is 0 Å². The van der Waals surface area contributed by atoms with Crippen LogP contribution in [0.1, 0.15) is 6.42 Å². The fourth-order valence-corrected chi connectivity index (χ4v) is 0.824. The van der Waals surface area contributed by atoms with Crippen LogP contribution in [0.4, 0.5) is 0 Å². The molecule has 1 N–H and O–H groups in total. The lowest BCUT2D eigenvalue weighted by Crippen LogP contribution is -2.04. The average Bonchev–Trinajstić information content (AvgIpc) is 2.39. The van der Waals surface area contributed by atoms with Gasteiger partial charge in [0.15, 0.2) is 0 Å². The molecule has 0 aromatic carbocycles. The van der Waals surface area contributed by atoms with Crippen molar-refractivity contribution in [2.24, 2.45) is 11.8 Å². The Balaban J connectivity index is 2.42. The monoisotopic (exact) mass is 127 g/mol. The molecule has 0 spiro atoms. The lowest BCUT2D eigenvalue weighted by molar-refractivity contribution is -0.139. The van der Waals surface area contributed by atoms with Crippen LogP contribution < -0.4 is 0 Å². The lowest BCUT2D eigenvalue weighted by atomic mass is 10.2. The molecule has 1 aliphatic rings. The van der Waals surface area contributed by atoms with Crippen molar-refractivity contribution in [2.75, 3.05) is 0 Å². The van der Waals surface area contributed by atoms with Gasteiger partial charge in [0.25, 0.3) is 0 Å². The molecule has 2 atom stereocenters. The fraction of sp³-hybridized carbons (Fsp3) is 0.500. The minimum atomic E-state index is -0.878. The van der Waals surface area contributed by atoms with E-state index in [2.05, 4.69) is 6.92 Å². The number of ketones is 1. The second-order valence-corrected chi connectivity index (χ2v) is 2.25. The van der Waals surface area contributed by atoms with Crippen molar-refractivity contribution in [3.8, 4) is 0 Å². The normalized spacial score (nSPS) is 31.7. The molecule has 0 aromatic heterocycles. The van der Waals surface area contributed by atoms with E-state index in [-0.39, 0.29) is 11.7 Å². The van der Waals surface area contributed by atoms with Crippen LogP contribution in [0.2, 0.25) is 0 Å². The smallest absolute Gasteiger partial charge is 0.307 e. The standard InChI is InChI=1S/C6H7O3/c1-3(7)4-2-5(4)6(8)9/h4-5H,1-2H2,(H,8,9). The van der Waals surface area contributed by atoms with Crippen LogP contribution >= 0.6 is 0 Å². The van der Waals surface area contributed by atoms with Crippen LogP contribution in [-0.4, -0.2) is 16.9 Å². The van der Waals surface area contributed by atoms with E-state index in [1.165, 1.54) is 0 Å². The molecular weight excluding hydrogens is 120 g/mol. The number of Topliss-reactive ketones (excluding diaryl/α,β-unsaturated/α-hetero) is 1. The molecule has 0 amide bonds. The first kappa shape index (κ1) is 6.26. The molecule has 1 rings (SSSR count). The Kier molecular flexibility index (Phi) is 1.27. The van der Waals surface area contributed by atoms with Crippen LogP contribution in [0.25, 0.3) is 0 Å². The highest BCUT2D eigenvalue weighted by atomic mass is 16.4. The molecule has 1 saturated carbocycles. The summed E-state index contributed by atoms with van der Waals surface area (Å²) in [5, 5.41) is 8.29. The third kappa shape index (κ3) is 1.09. The summed E-state index contributed by atoms with van der Waals surface area (Å²) < 4.78 is 0. The summed E-state index contributed by atoms with van der Waals surface area (Å²) >= 11 is 0. The average molecular weight is 127 g/mol. The molecule has 3 nitrogen and oxygen atoms in total. The molecule has 0 heterocycles. The van der Waals surface area contributed by atoms with Gasteiger partial charge in [-0.15, -0.1) is 0 Å². The lowest BCUT2D eigenvalue weighted by Gasteiger charge is -1.85. The van der Waals surface area contributed by atoms with E-state index < -0.39 is 11.9 Å². The molecule has 1 radical (unpaired) electrons. The van der Waals surface area contributed by atoms with E-state index in [1.54, 1.807) is 0 Å². The molecule has 9 heavy (non-hydrogen) atoms. The maximum absolute atomic E-state index is 10.3. The maximum Gasteiger partial charge on any atom is 0.307 e. The molecule has 0 bridgehead atoms. The molecule has 3 heteroatoms. The number of rotatable bonds is 2. The first-order chi connectivity index (χ1) is 4.13. The Morgan fingerprint density at radius 2 is 2.00 bits per heavy atom. The zero-order valence-corrected chi connectivity index (χ0v) is 4.83. The summed E-state index contributed by atoms with van der Waals surface area (Å²) in [6.07, 6.45) is 0.484. The Morgan fingerprint density at radius 3 is 2.11 bits per heavy atom. The van der Waals surface area contributed by atoms with Gasteiger partial charge in [0.1, 0.15) is 5.78 Å². The number of carboxylic acids is 1. The molecule has 1 fully saturated rings. The van der Waals surface area contributed by atoms with Gasteiger partial charge in [0.05, 0.1) is 5.92 Å². The van der Waals surface area contributed by atoms with Gasteiger partial charge in [-0.3, -0.25) is 9.59 Å². The minimum absolute atomic E-state index is 0.248. The van der Waals surface area contributed by atoms with Crippen LogP contribution in [0.3, 0.4) is 0 Å². The second kappa shape index (κ2) is 1.83. The topological polar surface area (TPSA) is 54.4 Å². The summed E-state index contributed by atoms with van der Waals surface area (Å²) in [5.74, 6) is -1.85. The van der Waals surface area contributed by atoms with Crippen molar-refractivity contribution in [1.29, 1.82) is 0 Å². The molecular formula is C6H7O3. The molecule has 0 aliphatic heterocycles. The summed E-state index contributed by atoms with van der Waals surface area (Å²) in [4.78, 5) is 20.4. The Labute approximate surface area is 52.7 Å². The third-order valence-electron chi connectivity index (χ3n) is 1.52. The zero-order valence-electron chi connectivity index (χ0n) is 4.83. The fourth-order valence-electron chi connectivity index (χ4n) is 0.824. The van der Waals surface area contributed by atoms with Crippen molar-refractivity contribution < 1.29 is 14.7 Å². The summed E-state index contributed by atoms with van der Waals surface area (Å²) in [7, 11) is 0. The van der Waals surface area contributed by atoms with Crippen molar-refractivity contribution in [1.82, 2.24) is 0 Å². The first-order valence-electron chi connectivity index (χ1n) is 2.71. The summed E-state index contributed by atoms with van der Waals surface area (Å²) in [6, 6.07) is 0. The molecule has 49 valence electrons. The first-order valence-corrected chi connectivity index (χ1v) is 2.71. The van der Waals surface area contributed by atoms with Crippen molar-refractivity contribution >= 4 is 11.8 Å². The predicted molar refractivity (Wildman–Crippen MR) is 29.6 cm³/mol. The van der Waals surface area contributed by atoms with E-state index in [0.717, 1.165) is 0 Å². The number of hydrogen-bond donors (Lipinski definition) is 1. The minimum Gasteiger partial charge on any atom is -0.481 e. The van der Waals surface area contributed by atoms with E-state index in [0.29, 0.717) is 6.42 Å². The zero-order chi connectivity index (χ0) is 7.02. The number of carbonyl (C=O) groups excluding carboxylic acids is 1. The maximum atomic E-state index is 10.3. The largest absolute Gasteiger partial charge is 0.481 e. The van der Waals surface area contributed by atoms with Crippen LogP contribution in [0.5, 0.6) is 0 Å². The van der Waals surface area contributed by atoms with Crippen molar-refractivity contribution in [3.05, 3.63) is 6.92 Å². The van der Waals surface area contributed by atoms with Gasteiger partial charge in [-0.25, -0.2) is 0 Å². The van der Waals surface area contributed by atoms with E-state index in [1.807, 2.05) is 0 Å². The Hall–Kier alpha value is -0.860. The highest BCUT2D eigenvalue weighted by molar-refractivity contribution is 5.93. The van der Waals surface area contributed by atoms with Crippen molar-refractivity contribution in [2.45, 2.75) is 6.42 Å². The van der Waals surface area contributed by atoms with Gasteiger partial charge in [0.2, 0.25) is 0 Å². The quantitative estimate of drug-likeness (QED) is 0.572.